The minimum absolute atomic E-state index is 0.769. The van der Waals surface area contributed by atoms with Gasteiger partial charge in [0.15, 0.2) is 0 Å². The maximum atomic E-state index is 3.79. The molecule has 2 aliphatic heterocycles. The molecule has 0 amide bonds. The van der Waals surface area contributed by atoms with Crippen LogP contribution in [0.25, 0.3) is 0 Å². The summed E-state index contributed by atoms with van der Waals surface area (Å²) >= 11 is 0. The van der Waals surface area contributed by atoms with E-state index in [-0.39, 0.29) is 0 Å². The molecule has 2 fully saturated rings. The van der Waals surface area contributed by atoms with Crippen molar-refractivity contribution in [2.24, 2.45) is 5.92 Å². The van der Waals surface area contributed by atoms with E-state index in [0.29, 0.717) is 0 Å². The maximum absolute atomic E-state index is 3.79. The largest absolute Gasteiger partial charge is 0.313 e. The number of likely N-dealkylation sites (tertiary alicyclic amines) is 2. The number of hydrogen-bond donors (Lipinski definition) is 1. The number of nitrogens with one attached hydrogen (secondary N) is 1. The standard InChI is InChI=1S/C17H35N3/c1-16(2)15-20-12-7-17(8-13-20)18-9-14-19-10-5-3-4-6-11-19/h16-18H,3-15H2,1-2H3. The lowest BCUT2D eigenvalue weighted by molar-refractivity contribution is 0.177. The quantitative estimate of drug-likeness (QED) is 0.807. The number of piperidine rings is 1. The van der Waals surface area contributed by atoms with Gasteiger partial charge in [0, 0.05) is 25.7 Å². The highest BCUT2D eigenvalue weighted by molar-refractivity contribution is 4.78. The van der Waals surface area contributed by atoms with Crippen molar-refractivity contribution in [1.29, 1.82) is 0 Å². The minimum atomic E-state index is 0.769. The Morgan fingerprint density at radius 3 is 2.15 bits per heavy atom. The van der Waals surface area contributed by atoms with Crippen LogP contribution in [0.2, 0.25) is 0 Å². The average molecular weight is 281 g/mol. The predicted octanol–water partition coefficient (Wildman–Crippen LogP) is 2.57. The van der Waals surface area contributed by atoms with Crippen LogP contribution in [0, 0.1) is 5.92 Å². The monoisotopic (exact) mass is 281 g/mol. The van der Waals surface area contributed by atoms with Gasteiger partial charge in [0.05, 0.1) is 0 Å². The Bertz CT molecular complexity index is 239. The molecule has 2 saturated heterocycles. The molecule has 0 aromatic heterocycles. The first kappa shape index (κ1) is 16.3. The third-order valence-electron chi connectivity index (χ3n) is 4.77. The summed E-state index contributed by atoms with van der Waals surface area (Å²) < 4.78 is 0. The summed E-state index contributed by atoms with van der Waals surface area (Å²) in [6, 6.07) is 0.769. The van der Waals surface area contributed by atoms with Crippen LogP contribution in [0.15, 0.2) is 0 Å². The molecule has 0 aromatic rings. The molecule has 0 spiro atoms. The summed E-state index contributed by atoms with van der Waals surface area (Å²) in [7, 11) is 0. The zero-order valence-electron chi connectivity index (χ0n) is 13.7. The van der Waals surface area contributed by atoms with Gasteiger partial charge < -0.3 is 15.1 Å². The molecule has 0 aromatic carbocycles. The Balaban J connectivity index is 1.54. The van der Waals surface area contributed by atoms with Crippen LogP contribution in [-0.4, -0.2) is 61.7 Å². The molecule has 0 saturated carbocycles. The second kappa shape index (κ2) is 9.01. The smallest absolute Gasteiger partial charge is 0.0107 e. The summed E-state index contributed by atoms with van der Waals surface area (Å²) in [5.74, 6) is 0.808. The lowest BCUT2D eigenvalue weighted by Gasteiger charge is -2.33. The SMILES string of the molecule is CC(C)CN1CCC(NCCN2CCCCCC2)CC1. The molecular weight excluding hydrogens is 246 g/mol. The lowest BCUT2D eigenvalue weighted by Crippen LogP contribution is -2.45. The van der Waals surface area contributed by atoms with E-state index in [2.05, 4.69) is 29.0 Å². The topological polar surface area (TPSA) is 18.5 Å². The van der Waals surface area contributed by atoms with Crippen molar-refractivity contribution < 1.29 is 0 Å². The summed E-state index contributed by atoms with van der Waals surface area (Å²) in [5, 5.41) is 3.79. The zero-order valence-corrected chi connectivity index (χ0v) is 13.7. The fourth-order valence-corrected chi connectivity index (χ4v) is 3.62. The first-order valence-electron chi connectivity index (χ1n) is 8.92. The summed E-state index contributed by atoms with van der Waals surface area (Å²) in [5.41, 5.74) is 0. The third kappa shape index (κ3) is 6.11. The first-order valence-corrected chi connectivity index (χ1v) is 8.92. The average Bonchev–Trinajstić information content (AvgIpc) is 2.69. The van der Waals surface area contributed by atoms with Gasteiger partial charge in [-0.15, -0.1) is 0 Å². The van der Waals surface area contributed by atoms with Gasteiger partial charge in [-0.05, 0) is 57.8 Å². The normalized spacial score (nSPS) is 24.1. The Hall–Kier alpha value is -0.120. The van der Waals surface area contributed by atoms with Crippen molar-refractivity contribution in [3.63, 3.8) is 0 Å². The fraction of sp³-hybridized carbons (Fsp3) is 1.00. The van der Waals surface area contributed by atoms with Crippen molar-refractivity contribution in [3.05, 3.63) is 0 Å². The van der Waals surface area contributed by atoms with Gasteiger partial charge in [0.2, 0.25) is 0 Å². The highest BCUT2D eigenvalue weighted by Gasteiger charge is 2.19. The molecule has 0 unspecified atom stereocenters. The zero-order chi connectivity index (χ0) is 14.2. The van der Waals surface area contributed by atoms with Gasteiger partial charge in [0.1, 0.15) is 0 Å². The highest BCUT2D eigenvalue weighted by Crippen LogP contribution is 2.12. The van der Waals surface area contributed by atoms with Crippen LogP contribution in [0.3, 0.4) is 0 Å². The van der Waals surface area contributed by atoms with Crippen molar-refractivity contribution in [1.82, 2.24) is 15.1 Å². The minimum Gasteiger partial charge on any atom is -0.313 e. The molecule has 3 nitrogen and oxygen atoms in total. The van der Waals surface area contributed by atoms with Crippen molar-refractivity contribution >= 4 is 0 Å². The van der Waals surface area contributed by atoms with Gasteiger partial charge in [-0.2, -0.15) is 0 Å². The summed E-state index contributed by atoms with van der Waals surface area (Å²) in [6.45, 7) is 13.6. The van der Waals surface area contributed by atoms with E-state index < -0.39 is 0 Å². The van der Waals surface area contributed by atoms with Crippen LogP contribution in [0.5, 0.6) is 0 Å². The molecular formula is C17H35N3. The molecule has 20 heavy (non-hydrogen) atoms. The number of rotatable bonds is 6. The second-order valence-corrected chi connectivity index (χ2v) is 7.18. The van der Waals surface area contributed by atoms with E-state index >= 15 is 0 Å². The molecule has 0 aliphatic carbocycles. The summed E-state index contributed by atoms with van der Waals surface area (Å²) in [4.78, 5) is 5.30. The van der Waals surface area contributed by atoms with Crippen LogP contribution in [-0.2, 0) is 0 Å². The summed E-state index contributed by atoms with van der Waals surface area (Å²) in [6.07, 6.45) is 8.39. The first-order chi connectivity index (χ1) is 9.74. The number of hydrogen-bond acceptors (Lipinski definition) is 3. The van der Waals surface area contributed by atoms with E-state index in [1.807, 2.05) is 0 Å². The second-order valence-electron chi connectivity index (χ2n) is 7.18. The van der Waals surface area contributed by atoms with Crippen LogP contribution in [0.1, 0.15) is 52.4 Å². The molecule has 0 radical (unpaired) electrons. The van der Waals surface area contributed by atoms with Gasteiger partial charge in [-0.1, -0.05) is 26.7 Å². The molecule has 3 heteroatoms. The van der Waals surface area contributed by atoms with E-state index in [4.69, 9.17) is 0 Å². The van der Waals surface area contributed by atoms with E-state index in [1.165, 1.54) is 84.3 Å². The molecule has 0 atom stereocenters. The fourth-order valence-electron chi connectivity index (χ4n) is 3.62. The molecule has 2 heterocycles. The third-order valence-corrected chi connectivity index (χ3v) is 4.77. The van der Waals surface area contributed by atoms with Gasteiger partial charge in [-0.25, -0.2) is 0 Å². The Kier molecular flexibility index (Phi) is 7.32. The predicted molar refractivity (Wildman–Crippen MR) is 87.2 cm³/mol. The van der Waals surface area contributed by atoms with Gasteiger partial charge in [-0.3, -0.25) is 0 Å². The van der Waals surface area contributed by atoms with Crippen molar-refractivity contribution in [2.45, 2.75) is 58.4 Å². The van der Waals surface area contributed by atoms with Crippen LogP contribution < -0.4 is 5.32 Å². The van der Waals surface area contributed by atoms with Crippen LogP contribution in [0.4, 0.5) is 0 Å². The van der Waals surface area contributed by atoms with Gasteiger partial charge >= 0.3 is 0 Å². The Morgan fingerprint density at radius 1 is 0.900 bits per heavy atom. The molecule has 0 bridgehead atoms. The van der Waals surface area contributed by atoms with E-state index in [1.54, 1.807) is 0 Å². The van der Waals surface area contributed by atoms with E-state index in [0.717, 1.165) is 12.0 Å². The van der Waals surface area contributed by atoms with E-state index in [9.17, 15) is 0 Å². The number of nitrogens with zero attached hydrogens (tertiary/aromatic N) is 2. The molecule has 1 N–H and O–H groups in total. The lowest BCUT2D eigenvalue weighted by atomic mass is 10.0. The highest BCUT2D eigenvalue weighted by atomic mass is 15.2. The molecule has 118 valence electrons. The van der Waals surface area contributed by atoms with Crippen molar-refractivity contribution in [3.8, 4) is 0 Å². The maximum Gasteiger partial charge on any atom is 0.0107 e. The van der Waals surface area contributed by atoms with Crippen LogP contribution >= 0.6 is 0 Å². The van der Waals surface area contributed by atoms with Crippen molar-refractivity contribution in [2.75, 3.05) is 45.8 Å². The molecule has 2 rings (SSSR count). The molecule has 2 aliphatic rings. The van der Waals surface area contributed by atoms with Gasteiger partial charge in [0.25, 0.3) is 0 Å². The Morgan fingerprint density at radius 2 is 1.55 bits per heavy atom. The Labute approximate surface area is 126 Å².